The van der Waals surface area contributed by atoms with Gasteiger partial charge in [0.2, 0.25) is 0 Å². The maximum atomic E-state index is 13.2. The third-order valence-corrected chi connectivity index (χ3v) is 15.8. The number of imidazole rings is 4. The number of benzene rings is 9. The minimum atomic E-state index is 0.230. The largest absolute Gasteiger partial charge is 0.507 e. The molecule has 0 radical (unpaired) electrons. The summed E-state index contributed by atoms with van der Waals surface area (Å²) in [6, 6.07) is 71.0. The predicted molar refractivity (Wildman–Crippen MR) is 345 cm³/mol. The van der Waals surface area contributed by atoms with Crippen LogP contribution in [0.5, 0.6) is 5.75 Å². The van der Waals surface area contributed by atoms with E-state index in [2.05, 4.69) is 243 Å². The maximum absolute atomic E-state index is 13.2. The van der Waals surface area contributed by atoms with Gasteiger partial charge in [-0.2, -0.15) is 0 Å². The van der Waals surface area contributed by atoms with Gasteiger partial charge in [-0.1, -0.05) is 214 Å². The summed E-state index contributed by atoms with van der Waals surface area (Å²) in [6.45, 7) is 20.6. The smallest absolute Gasteiger partial charge is 0.142 e. The van der Waals surface area contributed by atoms with Crippen LogP contribution in [-0.2, 0) is 39.8 Å². The molecule has 0 aliphatic carbocycles. The number of phenolic OH excluding ortho intramolecular Hbond substituents is 1. The fraction of sp³-hybridized carbons (Fsp3) is 0.0959. The third kappa shape index (κ3) is 10.3. The van der Waals surface area contributed by atoms with E-state index >= 15 is 0 Å². The molecular weight excluding hydrogens is 1030 g/mol. The first-order chi connectivity index (χ1) is 41.2. The third-order valence-electron chi connectivity index (χ3n) is 15.8. The van der Waals surface area contributed by atoms with Gasteiger partial charge in [0, 0.05) is 46.5 Å². The second kappa shape index (κ2) is 22.8. The second-order valence-corrected chi connectivity index (χ2v) is 21.4. The topological polar surface area (TPSA) is 98.0 Å². The van der Waals surface area contributed by atoms with E-state index in [1.165, 1.54) is 0 Å². The summed E-state index contributed by atoms with van der Waals surface area (Å²) in [6.07, 6.45) is 7.43. The minimum absolute atomic E-state index is 0.230. The summed E-state index contributed by atoms with van der Waals surface area (Å²) in [5, 5.41) is 13.2. The lowest BCUT2D eigenvalue weighted by atomic mass is 10.0. The average molecular weight is 1100 g/mol. The Morgan fingerprint density at radius 1 is 0.357 bits per heavy atom. The van der Waals surface area contributed by atoms with Gasteiger partial charge in [0.25, 0.3) is 0 Å². The van der Waals surface area contributed by atoms with Crippen LogP contribution >= 0.6 is 0 Å². The van der Waals surface area contributed by atoms with Crippen molar-refractivity contribution in [2.75, 3.05) is 0 Å². The van der Waals surface area contributed by atoms with Crippen molar-refractivity contribution in [3.63, 3.8) is 0 Å². The molecule has 13 rings (SSSR count). The number of aryl methyl sites for hydroxylation is 1. The van der Waals surface area contributed by atoms with Crippen molar-refractivity contribution in [1.29, 1.82) is 0 Å². The van der Waals surface area contributed by atoms with E-state index in [0.717, 1.165) is 129 Å². The maximum Gasteiger partial charge on any atom is 0.142 e. The fourth-order valence-electron chi connectivity index (χ4n) is 11.6. The molecule has 9 aromatic carbocycles. The Morgan fingerprint density at radius 3 is 0.833 bits per heavy atom. The molecule has 0 aliphatic heterocycles. The van der Waals surface area contributed by atoms with E-state index in [4.69, 9.17) is 19.9 Å². The molecule has 4 aromatic heterocycles. The number of para-hydroxylation sites is 8. The van der Waals surface area contributed by atoms with Crippen molar-refractivity contribution in [1.82, 2.24) is 48.0 Å². The van der Waals surface area contributed by atoms with E-state index in [9.17, 15) is 5.11 Å². The van der Waals surface area contributed by atoms with Crippen LogP contribution in [0.4, 0.5) is 0 Å². The number of fused-ring (bicyclic) bond motifs is 4. The highest BCUT2D eigenvalue weighted by atomic mass is 16.3. The van der Waals surface area contributed by atoms with Crippen LogP contribution in [0.15, 0.2) is 233 Å². The Morgan fingerprint density at radius 2 is 0.595 bits per heavy atom. The molecule has 0 unspecified atom stereocenters. The molecular formula is C73H62N10O. The van der Waals surface area contributed by atoms with Crippen LogP contribution in [0.1, 0.15) is 38.9 Å². The van der Waals surface area contributed by atoms with Crippen LogP contribution in [0.25, 0.3) is 114 Å². The molecule has 0 saturated heterocycles. The van der Waals surface area contributed by atoms with Crippen LogP contribution in [-0.4, -0.2) is 53.1 Å². The average Bonchev–Trinajstić information content (AvgIpc) is 4.49. The van der Waals surface area contributed by atoms with E-state index in [1.54, 1.807) is 0 Å². The molecule has 11 heteroatoms. The van der Waals surface area contributed by atoms with Gasteiger partial charge in [0.05, 0.1) is 70.8 Å². The van der Waals surface area contributed by atoms with Gasteiger partial charge in [-0.05, 0) is 77.7 Å². The van der Waals surface area contributed by atoms with Gasteiger partial charge in [-0.3, -0.25) is 9.80 Å². The number of hydrogen-bond acceptors (Lipinski definition) is 7. The van der Waals surface area contributed by atoms with Crippen LogP contribution in [0.3, 0.4) is 0 Å². The summed E-state index contributed by atoms with van der Waals surface area (Å²) in [4.78, 5) is 25.9. The van der Waals surface area contributed by atoms with Crippen LogP contribution < -0.4 is 0 Å². The second-order valence-electron chi connectivity index (χ2n) is 21.4. The lowest BCUT2D eigenvalue weighted by molar-refractivity contribution is 0.161. The van der Waals surface area contributed by atoms with E-state index in [-0.39, 0.29) is 5.75 Å². The van der Waals surface area contributed by atoms with E-state index in [0.29, 0.717) is 39.8 Å². The molecule has 0 aliphatic rings. The highest BCUT2D eigenvalue weighted by Gasteiger charge is 2.25. The number of aromatic hydroxyl groups is 1. The Kier molecular flexibility index (Phi) is 14.4. The van der Waals surface area contributed by atoms with Gasteiger partial charge >= 0.3 is 0 Å². The molecule has 410 valence electrons. The number of aromatic nitrogens is 8. The van der Waals surface area contributed by atoms with Gasteiger partial charge in [0.15, 0.2) is 0 Å². The quantitative estimate of drug-likeness (QED) is 0.0812. The zero-order valence-corrected chi connectivity index (χ0v) is 46.9. The van der Waals surface area contributed by atoms with E-state index < -0.39 is 0 Å². The summed E-state index contributed by atoms with van der Waals surface area (Å²) in [5.74, 6) is 3.58. The molecule has 84 heavy (non-hydrogen) atoms. The highest BCUT2D eigenvalue weighted by Crippen LogP contribution is 2.35. The van der Waals surface area contributed by atoms with Gasteiger partial charge in [0.1, 0.15) is 29.0 Å². The van der Waals surface area contributed by atoms with Crippen LogP contribution in [0, 0.1) is 6.92 Å². The lowest BCUT2D eigenvalue weighted by Gasteiger charge is -2.29. The van der Waals surface area contributed by atoms with Gasteiger partial charge < -0.3 is 23.4 Å². The Hall–Kier alpha value is -10.5. The summed E-state index contributed by atoms with van der Waals surface area (Å²) >= 11 is 0. The van der Waals surface area contributed by atoms with Gasteiger partial charge in [-0.15, -0.1) is 0 Å². The number of nitrogens with zero attached hydrogens (tertiary/aromatic N) is 10. The molecule has 0 spiro atoms. The van der Waals surface area contributed by atoms with Crippen molar-refractivity contribution < 1.29 is 5.11 Å². The Balaban J connectivity index is 0.945. The van der Waals surface area contributed by atoms with Crippen molar-refractivity contribution in [2.45, 2.75) is 46.7 Å². The van der Waals surface area contributed by atoms with Crippen molar-refractivity contribution in [3.05, 3.63) is 272 Å². The van der Waals surface area contributed by atoms with Gasteiger partial charge in [-0.25, -0.2) is 19.9 Å². The zero-order chi connectivity index (χ0) is 57.3. The highest BCUT2D eigenvalue weighted by molar-refractivity contribution is 5.84. The van der Waals surface area contributed by atoms with Crippen molar-refractivity contribution in [2.24, 2.45) is 0 Å². The molecule has 13 aromatic rings. The molecule has 11 nitrogen and oxygen atoms in total. The Labute approximate surface area is 488 Å². The molecule has 0 amide bonds. The first-order valence-electron chi connectivity index (χ1n) is 28.2. The molecule has 4 heterocycles. The minimum Gasteiger partial charge on any atom is -0.507 e. The summed E-state index contributed by atoms with van der Waals surface area (Å²) in [7, 11) is 0. The number of phenols is 1. The predicted octanol–water partition coefficient (Wildman–Crippen LogP) is 16.6. The molecule has 1 N–H and O–H groups in total. The molecule has 0 bridgehead atoms. The fourth-order valence-corrected chi connectivity index (χ4v) is 11.6. The number of hydrogen-bond donors (Lipinski definition) is 1. The molecule has 0 saturated carbocycles. The molecule has 0 fully saturated rings. The van der Waals surface area contributed by atoms with Crippen molar-refractivity contribution in [3.8, 4) is 51.3 Å². The monoisotopic (exact) mass is 1090 g/mol. The SMILES string of the molecule is C=Cc1ccc(-c2nc3ccccc3n2CN(Cc2cc(C)cc(CN(Cn3c(-c4ccc(C=C)cc4)nc4ccccc43)Cn3c(-c4ccc(C=C)cc4)nc4ccccc43)c2O)Cn2c(-c3ccc(C=C)cc3)nc3ccccc32)cc1. The van der Waals surface area contributed by atoms with E-state index in [1.807, 2.05) is 48.6 Å². The normalized spacial score (nSPS) is 11.7. The summed E-state index contributed by atoms with van der Waals surface area (Å²) < 4.78 is 9.17. The Bertz CT molecular complexity index is 4040. The lowest BCUT2D eigenvalue weighted by Crippen LogP contribution is -2.30. The first kappa shape index (κ1) is 52.9. The standard InChI is InChI=1S/C73H62N10O/c1-6-51-26-34-55(35-27-51)70-74-61-18-10-14-22-65(61)80(70)46-78(47-81-66-23-15-11-19-62(66)75-71(81)56-36-28-52(7-2)29-37-56)44-59-42-50(5)43-60(69(59)84)45-79(48-82-67-24-16-12-20-63(67)76-72(82)57-38-30-53(8-3)31-39-57)49-83-68-25-17-13-21-64(68)77-73(83)58-40-32-54(9-4)33-41-58/h6-43,84H,1-4,44-49H2,5H3. The van der Waals surface area contributed by atoms with Crippen molar-refractivity contribution >= 4 is 68.4 Å². The summed E-state index contributed by atoms with van der Waals surface area (Å²) in [5.41, 5.74) is 18.2. The first-order valence-corrected chi connectivity index (χ1v) is 28.2. The zero-order valence-electron chi connectivity index (χ0n) is 46.9. The number of rotatable bonds is 20. The molecule has 0 atom stereocenters. The van der Waals surface area contributed by atoms with Crippen LogP contribution in [0.2, 0.25) is 0 Å².